The maximum absolute atomic E-state index is 11.1. The Kier molecular flexibility index (Phi) is 4.25. The van der Waals surface area contributed by atoms with E-state index >= 15 is 0 Å². The minimum absolute atomic E-state index is 0. The number of pyridine rings is 1. The molecule has 12 heavy (non-hydrogen) atoms. The number of nitrogens with two attached hydrogens (primary N) is 1. The molecule has 66 valence electrons. The third-order valence-electron chi connectivity index (χ3n) is 1.20. The summed E-state index contributed by atoms with van der Waals surface area (Å²) in [5.41, 5.74) is 0.359. The van der Waals surface area contributed by atoms with Crippen molar-refractivity contribution >= 4 is 18.3 Å². The lowest BCUT2D eigenvalue weighted by molar-refractivity contribution is 0.0789. The van der Waals surface area contributed by atoms with E-state index in [-0.39, 0.29) is 18.3 Å². The summed E-state index contributed by atoms with van der Waals surface area (Å²) in [6.07, 6.45) is 1.55. The van der Waals surface area contributed by atoms with E-state index in [9.17, 15) is 4.79 Å². The van der Waals surface area contributed by atoms with Crippen molar-refractivity contribution in [3.63, 3.8) is 0 Å². The molecule has 0 aliphatic carbocycles. The molecule has 1 rings (SSSR count). The van der Waals surface area contributed by atoms with E-state index < -0.39 is 0 Å². The molecule has 0 unspecified atom stereocenters. The molecule has 0 saturated heterocycles. The van der Waals surface area contributed by atoms with E-state index in [0.29, 0.717) is 5.69 Å². The molecule has 0 atom stereocenters. The van der Waals surface area contributed by atoms with Crippen LogP contribution in [0, 0.1) is 0 Å². The van der Waals surface area contributed by atoms with Gasteiger partial charge in [0, 0.05) is 13.2 Å². The van der Waals surface area contributed by atoms with Crippen LogP contribution < -0.4 is 5.84 Å². The number of hydrazine groups is 1. The van der Waals surface area contributed by atoms with Gasteiger partial charge in [0.15, 0.2) is 0 Å². The van der Waals surface area contributed by atoms with Crippen LogP contribution in [0.3, 0.4) is 0 Å². The van der Waals surface area contributed by atoms with Gasteiger partial charge >= 0.3 is 0 Å². The fraction of sp³-hybridized carbons (Fsp3) is 0.143. The van der Waals surface area contributed by atoms with Crippen molar-refractivity contribution in [2.24, 2.45) is 5.84 Å². The Bertz CT molecular complexity index is 250. The van der Waals surface area contributed by atoms with Gasteiger partial charge in [-0.15, -0.1) is 12.4 Å². The van der Waals surface area contributed by atoms with Gasteiger partial charge in [0.2, 0.25) is 0 Å². The standard InChI is InChI=1S/C7H9N3O.ClH/c1-10(8)7(11)6-4-2-3-5-9-6;/h2-5H,8H2,1H3;1H. The molecule has 5 heteroatoms. The summed E-state index contributed by atoms with van der Waals surface area (Å²) >= 11 is 0. The second-order valence-corrected chi connectivity index (χ2v) is 2.13. The number of carbonyl (C=O) groups is 1. The summed E-state index contributed by atoms with van der Waals surface area (Å²) in [6.45, 7) is 0. The molecule has 2 N–H and O–H groups in total. The molecular formula is C7H10ClN3O. The average molecular weight is 188 g/mol. The molecule has 4 nitrogen and oxygen atoms in total. The summed E-state index contributed by atoms with van der Waals surface area (Å²) < 4.78 is 0. The Labute approximate surface area is 76.8 Å². The summed E-state index contributed by atoms with van der Waals surface area (Å²) in [4.78, 5) is 14.9. The first-order chi connectivity index (χ1) is 5.22. The number of aromatic nitrogens is 1. The molecule has 0 saturated carbocycles. The molecule has 1 aromatic heterocycles. The smallest absolute Gasteiger partial charge is 0.278 e. The van der Waals surface area contributed by atoms with E-state index in [1.807, 2.05) is 0 Å². The highest BCUT2D eigenvalue weighted by Gasteiger charge is 2.07. The number of rotatable bonds is 1. The van der Waals surface area contributed by atoms with Crippen molar-refractivity contribution in [3.8, 4) is 0 Å². The van der Waals surface area contributed by atoms with Crippen LogP contribution >= 0.6 is 12.4 Å². The van der Waals surface area contributed by atoms with Crippen molar-refractivity contribution in [2.45, 2.75) is 0 Å². The molecule has 1 aromatic rings. The van der Waals surface area contributed by atoms with Gasteiger partial charge in [-0.1, -0.05) is 6.07 Å². The third-order valence-corrected chi connectivity index (χ3v) is 1.20. The van der Waals surface area contributed by atoms with E-state index in [1.165, 1.54) is 7.05 Å². The minimum atomic E-state index is -0.286. The van der Waals surface area contributed by atoms with Crippen LogP contribution in [0.1, 0.15) is 10.5 Å². The Balaban J connectivity index is 0.00000121. The Morgan fingerprint density at radius 3 is 2.67 bits per heavy atom. The lowest BCUT2D eigenvalue weighted by Crippen LogP contribution is -2.33. The van der Waals surface area contributed by atoms with Gasteiger partial charge in [0.1, 0.15) is 5.69 Å². The molecule has 0 aliphatic rings. The third kappa shape index (κ3) is 2.48. The van der Waals surface area contributed by atoms with Crippen LogP contribution in [0.5, 0.6) is 0 Å². The van der Waals surface area contributed by atoms with Crippen molar-refractivity contribution < 1.29 is 4.79 Å². The lowest BCUT2D eigenvalue weighted by atomic mass is 10.3. The van der Waals surface area contributed by atoms with Crippen LogP contribution in [-0.4, -0.2) is 22.9 Å². The number of nitrogens with zero attached hydrogens (tertiary/aromatic N) is 2. The summed E-state index contributed by atoms with van der Waals surface area (Å²) in [5, 5.41) is 1.00. The predicted molar refractivity (Wildman–Crippen MR) is 47.8 cm³/mol. The maximum Gasteiger partial charge on any atom is 0.286 e. The fourth-order valence-corrected chi connectivity index (χ4v) is 0.670. The van der Waals surface area contributed by atoms with E-state index in [1.54, 1.807) is 24.4 Å². The van der Waals surface area contributed by atoms with Crippen LogP contribution in [0.4, 0.5) is 0 Å². The first kappa shape index (κ1) is 10.9. The van der Waals surface area contributed by atoms with Gasteiger partial charge in [-0.05, 0) is 12.1 Å². The summed E-state index contributed by atoms with van der Waals surface area (Å²) in [6, 6.07) is 5.10. The number of halogens is 1. The lowest BCUT2D eigenvalue weighted by Gasteiger charge is -2.07. The van der Waals surface area contributed by atoms with Crippen molar-refractivity contribution in [1.82, 2.24) is 9.99 Å². The second-order valence-electron chi connectivity index (χ2n) is 2.13. The van der Waals surface area contributed by atoms with Crippen molar-refractivity contribution in [2.75, 3.05) is 7.05 Å². The van der Waals surface area contributed by atoms with Gasteiger partial charge in [0.05, 0.1) is 0 Å². The van der Waals surface area contributed by atoms with Gasteiger partial charge in [-0.2, -0.15) is 0 Å². The zero-order chi connectivity index (χ0) is 8.27. The van der Waals surface area contributed by atoms with Gasteiger partial charge in [0.25, 0.3) is 5.91 Å². The molecule has 0 fully saturated rings. The van der Waals surface area contributed by atoms with Crippen LogP contribution in [0.15, 0.2) is 24.4 Å². The monoisotopic (exact) mass is 187 g/mol. The quantitative estimate of drug-likeness (QED) is 0.395. The van der Waals surface area contributed by atoms with Gasteiger partial charge < -0.3 is 0 Å². The zero-order valence-corrected chi connectivity index (χ0v) is 7.41. The molecule has 0 aromatic carbocycles. The second kappa shape index (κ2) is 4.69. The zero-order valence-electron chi connectivity index (χ0n) is 6.60. The molecule has 0 bridgehead atoms. The average Bonchev–Trinajstić information content (AvgIpc) is 2.05. The summed E-state index contributed by atoms with van der Waals surface area (Å²) in [5.74, 6) is 4.93. The summed E-state index contributed by atoms with van der Waals surface area (Å²) in [7, 11) is 1.48. The highest BCUT2D eigenvalue weighted by molar-refractivity contribution is 5.91. The van der Waals surface area contributed by atoms with Crippen molar-refractivity contribution in [3.05, 3.63) is 30.1 Å². The first-order valence-corrected chi connectivity index (χ1v) is 3.15. The highest BCUT2D eigenvalue weighted by atomic mass is 35.5. The van der Waals surface area contributed by atoms with Crippen molar-refractivity contribution in [1.29, 1.82) is 0 Å². The van der Waals surface area contributed by atoms with Gasteiger partial charge in [-0.3, -0.25) is 14.8 Å². The highest BCUT2D eigenvalue weighted by Crippen LogP contribution is 1.94. The Morgan fingerprint density at radius 1 is 1.58 bits per heavy atom. The Hall–Kier alpha value is -1.13. The molecule has 1 heterocycles. The number of carbonyl (C=O) groups excluding carboxylic acids is 1. The maximum atomic E-state index is 11.1. The van der Waals surface area contributed by atoms with Crippen LogP contribution in [-0.2, 0) is 0 Å². The van der Waals surface area contributed by atoms with E-state index in [0.717, 1.165) is 5.01 Å². The topological polar surface area (TPSA) is 59.2 Å². The van der Waals surface area contributed by atoms with E-state index in [2.05, 4.69) is 4.98 Å². The van der Waals surface area contributed by atoms with E-state index in [4.69, 9.17) is 5.84 Å². The van der Waals surface area contributed by atoms with Crippen LogP contribution in [0.25, 0.3) is 0 Å². The molecule has 0 spiro atoms. The predicted octanol–water partition coefficient (Wildman–Crippen LogP) is 0.449. The molecule has 0 aliphatic heterocycles. The molecule has 1 amide bonds. The van der Waals surface area contributed by atoms with Crippen LogP contribution in [0.2, 0.25) is 0 Å². The molecular weight excluding hydrogens is 178 g/mol. The minimum Gasteiger partial charge on any atom is -0.278 e. The first-order valence-electron chi connectivity index (χ1n) is 3.15. The molecule has 0 radical (unpaired) electrons. The number of hydrogen-bond acceptors (Lipinski definition) is 3. The normalized spacial score (nSPS) is 8.50. The Morgan fingerprint density at radius 2 is 2.25 bits per heavy atom. The SMILES string of the molecule is CN(N)C(=O)c1ccccn1.Cl. The fourth-order valence-electron chi connectivity index (χ4n) is 0.670. The van der Waals surface area contributed by atoms with Gasteiger partial charge in [-0.25, -0.2) is 5.84 Å². The number of amides is 1. The largest absolute Gasteiger partial charge is 0.286 e. The number of hydrogen-bond donors (Lipinski definition) is 1.